The van der Waals surface area contributed by atoms with Crippen molar-refractivity contribution in [2.45, 2.75) is 13.5 Å². The minimum atomic E-state index is -0.556. The van der Waals surface area contributed by atoms with E-state index in [9.17, 15) is 14.0 Å². The molecule has 0 aliphatic carbocycles. The molecule has 2 aromatic carbocycles. The van der Waals surface area contributed by atoms with E-state index in [1.54, 1.807) is 18.2 Å². The van der Waals surface area contributed by atoms with Gasteiger partial charge in [-0.3, -0.25) is 14.6 Å². The number of amides is 1. The van der Waals surface area contributed by atoms with Gasteiger partial charge in [-0.2, -0.15) is 0 Å². The van der Waals surface area contributed by atoms with E-state index < -0.39 is 5.82 Å². The summed E-state index contributed by atoms with van der Waals surface area (Å²) in [5.74, 6) is -0.917. The molecule has 0 fully saturated rings. The number of aromatic nitrogens is 2. The van der Waals surface area contributed by atoms with Crippen LogP contribution in [0.1, 0.15) is 5.69 Å². The minimum Gasteiger partial charge on any atom is -0.335 e. The van der Waals surface area contributed by atoms with Gasteiger partial charge in [0.05, 0.1) is 21.7 Å². The van der Waals surface area contributed by atoms with E-state index >= 15 is 0 Å². The molecule has 0 spiro atoms. The molecular weight excluding hydrogens is 381 g/mol. The topological polar surface area (TPSA) is 64.0 Å². The molecule has 2 aromatic heterocycles. The van der Waals surface area contributed by atoms with E-state index in [0.29, 0.717) is 27.3 Å². The number of aryl methyl sites for hydroxylation is 1. The van der Waals surface area contributed by atoms with Crippen LogP contribution in [-0.4, -0.2) is 15.5 Å². The molecule has 4 rings (SSSR count). The van der Waals surface area contributed by atoms with E-state index in [4.69, 9.17) is 11.6 Å². The van der Waals surface area contributed by atoms with Crippen molar-refractivity contribution in [3.63, 3.8) is 0 Å². The predicted octanol–water partition coefficient (Wildman–Crippen LogP) is 4.29. The Kier molecular flexibility index (Phi) is 4.57. The van der Waals surface area contributed by atoms with Crippen LogP contribution < -0.4 is 10.7 Å². The maximum Gasteiger partial charge on any atom is 0.244 e. The Bertz CT molecular complexity index is 1300. The van der Waals surface area contributed by atoms with Gasteiger partial charge in [-0.05, 0) is 31.2 Å². The van der Waals surface area contributed by atoms with Crippen molar-refractivity contribution in [2.75, 3.05) is 5.32 Å². The summed E-state index contributed by atoms with van der Waals surface area (Å²) in [7, 11) is 0. The Morgan fingerprint density at radius 2 is 1.93 bits per heavy atom. The molecule has 1 N–H and O–H groups in total. The summed E-state index contributed by atoms with van der Waals surface area (Å²) >= 11 is 6.21. The van der Waals surface area contributed by atoms with Crippen LogP contribution in [0.25, 0.3) is 21.8 Å². The van der Waals surface area contributed by atoms with E-state index in [-0.39, 0.29) is 28.8 Å². The molecule has 5 nitrogen and oxygen atoms in total. The fraction of sp³-hybridized carbons (Fsp3) is 0.0952. The lowest BCUT2D eigenvalue weighted by atomic mass is 10.1. The number of hydrogen-bond donors (Lipinski definition) is 1. The molecule has 0 aliphatic rings. The molecule has 2 heterocycles. The van der Waals surface area contributed by atoms with E-state index in [2.05, 4.69) is 10.3 Å². The lowest BCUT2D eigenvalue weighted by molar-refractivity contribution is -0.116. The van der Waals surface area contributed by atoms with Gasteiger partial charge in [0.1, 0.15) is 12.4 Å². The van der Waals surface area contributed by atoms with Crippen LogP contribution >= 0.6 is 11.6 Å². The number of nitrogens with zero attached hydrogens (tertiary/aromatic N) is 2. The molecule has 28 heavy (non-hydrogen) atoms. The van der Waals surface area contributed by atoms with Crippen molar-refractivity contribution in [3.05, 3.63) is 81.5 Å². The lowest BCUT2D eigenvalue weighted by Crippen LogP contribution is -2.21. The highest BCUT2D eigenvalue weighted by Gasteiger charge is 2.13. The number of rotatable bonds is 3. The second-order valence-corrected chi connectivity index (χ2v) is 6.85. The number of para-hydroxylation sites is 2. The molecular formula is C21H15ClFN3O2. The summed E-state index contributed by atoms with van der Waals surface area (Å²) in [5.41, 5.74) is 1.68. The van der Waals surface area contributed by atoms with Gasteiger partial charge < -0.3 is 9.88 Å². The highest BCUT2D eigenvalue weighted by Crippen LogP contribution is 2.28. The highest BCUT2D eigenvalue weighted by atomic mass is 35.5. The number of anilines is 1. The van der Waals surface area contributed by atoms with Crippen molar-refractivity contribution in [2.24, 2.45) is 0 Å². The van der Waals surface area contributed by atoms with E-state index in [1.165, 1.54) is 35.0 Å². The number of halogens is 2. The quantitative estimate of drug-likeness (QED) is 0.563. The maximum atomic E-state index is 14.3. The number of carbonyl (C=O) groups excluding carboxylic acids is 1. The van der Waals surface area contributed by atoms with Crippen LogP contribution in [0.15, 0.2) is 59.5 Å². The highest BCUT2D eigenvalue weighted by molar-refractivity contribution is 6.35. The Morgan fingerprint density at radius 3 is 2.75 bits per heavy atom. The van der Waals surface area contributed by atoms with Gasteiger partial charge in [-0.1, -0.05) is 29.8 Å². The summed E-state index contributed by atoms with van der Waals surface area (Å²) in [4.78, 5) is 29.1. The van der Waals surface area contributed by atoms with E-state index in [0.717, 1.165) is 0 Å². The first-order valence-electron chi connectivity index (χ1n) is 8.57. The number of carbonyl (C=O) groups is 1. The third kappa shape index (κ3) is 3.23. The minimum absolute atomic E-state index is 0.101. The van der Waals surface area contributed by atoms with Gasteiger partial charge in [0, 0.05) is 28.7 Å². The van der Waals surface area contributed by atoms with Gasteiger partial charge in [0.25, 0.3) is 0 Å². The Labute approximate surface area is 164 Å². The third-order valence-electron chi connectivity index (χ3n) is 4.45. The zero-order chi connectivity index (χ0) is 19.8. The number of hydrogen-bond acceptors (Lipinski definition) is 3. The maximum absolute atomic E-state index is 14.3. The fourth-order valence-electron chi connectivity index (χ4n) is 3.25. The largest absolute Gasteiger partial charge is 0.335 e. The second kappa shape index (κ2) is 7.05. The SMILES string of the molecule is Cc1cc(NC(=O)Cn2ccc(=O)c3cccc(F)c32)c2cccc(Cl)c2n1. The van der Waals surface area contributed by atoms with Gasteiger partial charge in [0.15, 0.2) is 5.43 Å². The van der Waals surface area contributed by atoms with Crippen LogP contribution in [0.4, 0.5) is 10.1 Å². The molecule has 0 aliphatic heterocycles. The van der Waals surface area contributed by atoms with Crippen LogP contribution in [0.5, 0.6) is 0 Å². The number of benzene rings is 2. The summed E-state index contributed by atoms with van der Waals surface area (Å²) in [6.07, 6.45) is 1.42. The first-order chi connectivity index (χ1) is 13.4. The molecule has 7 heteroatoms. The summed E-state index contributed by atoms with van der Waals surface area (Å²) in [6.45, 7) is 1.66. The summed E-state index contributed by atoms with van der Waals surface area (Å²) < 4.78 is 15.7. The third-order valence-corrected chi connectivity index (χ3v) is 4.76. The molecule has 4 aromatic rings. The first kappa shape index (κ1) is 18.1. The van der Waals surface area contributed by atoms with Gasteiger partial charge in [-0.25, -0.2) is 4.39 Å². The van der Waals surface area contributed by atoms with Crippen molar-refractivity contribution >= 4 is 45.0 Å². The van der Waals surface area contributed by atoms with Crippen LogP contribution in [0.2, 0.25) is 5.02 Å². The first-order valence-corrected chi connectivity index (χ1v) is 8.95. The normalized spacial score (nSPS) is 11.1. The molecule has 0 bridgehead atoms. The van der Waals surface area contributed by atoms with Crippen molar-refractivity contribution < 1.29 is 9.18 Å². The Balaban J connectivity index is 1.71. The molecule has 1 amide bonds. The molecule has 140 valence electrons. The standard InChI is InChI=1S/C21H15ClFN3O2/c1-12-10-17(13-4-2-6-15(22)20(13)24-12)25-19(28)11-26-9-8-18(27)14-5-3-7-16(23)21(14)26/h2-10H,11H2,1H3,(H,24,25,28). The van der Waals surface area contributed by atoms with Crippen molar-refractivity contribution in [1.82, 2.24) is 9.55 Å². The molecule has 0 radical (unpaired) electrons. The second-order valence-electron chi connectivity index (χ2n) is 6.44. The van der Waals surface area contributed by atoms with Gasteiger partial charge in [-0.15, -0.1) is 0 Å². The molecule has 0 atom stereocenters. The van der Waals surface area contributed by atoms with Crippen molar-refractivity contribution in [3.8, 4) is 0 Å². The van der Waals surface area contributed by atoms with Crippen LogP contribution in [0.3, 0.4) is 0 Å². The predicted molar refractivity (Wildman–Crippen MR) is 108 cm³/mol. The van der Waals surface area contributed by atoms with Gasteiger partial charge >= 0.3 is 0 Å². The summed E-state index contributed by atoms with van der Waals surface area (Å²) in [5, 5.41) is 4.27. The molecule has 0 unspecified atom stereocenters. The van der Waals surface area contributed by atoms with Gasteiger partial charge in [0.2, 0.25) is 5.91 Å². The Morgan fingerprint density at radius 1 is 1.18 bits per heavy atom. The summed E-state index contributed by atoms with van der Waals surface area (Å²) in [6, 6.07) is 12.7. The van der Waals surface area contributed by atoms with Crippen molar-refractivity contribution in [1.29, 1.82) is 0 Å². The molecule has 0 saturated carbocycles. The lowest BCUT2D eigenvalue weighted by Gasteiger charge is -2.13. The Hall–Kier alpha value is -3.25. The number of pyridine rings is 2. The fourth-order valence-corrected chi connectivity index (χ4v) is 3.47. The average Bonchev–Trinajstić information content (AvgIpc) is 2.65. The monoisotopic (exact) mass is 395 g/mol. The van der Waals surface area contributed by atoms with E-state index in [1.807, 2.05) is 13.0 Å². The average molecular weight is 396 g/mol. The van der Waals surface area contributed by atoms with Crippen LogP contribution in [0, 0.1) is 12.7 Å². The number of fused-ring (bicyclic) bond motifs is 2. The molecule has 0 saturated heterocycles. The number of nitrogens with one attached hydrogen (secondary N) is 1. The van der Waals surface area contributed by atoms with Crippen LogP contribution in [-0.2, 0) is 11.3 Å². The zero-order valence-corrected chi connectivity index (χ0v) is 15.6. The smallest absolute Gasteiger partial charge is 0.244 e. The zero-order valence-electron chi connectivity index (χ0n) is 14.9.